The van der Waals surface area contributed by atoms with Gasteiger partial charge in [-0.15, -0.1) is 0 Å². The van der Waals surface area contributed by atoms with E-state index in [0.717, 1.165) is 51.2 Å². The Morgan fingerprint density at radius 1 is 1.03 bits per heavy atom. The second-order valence-electron chi connectivity index (χ2n) is 8.32. The van der Waals surface area contributed by atoms with E-state index in [1.807, 2.05) is 57.5 Å². The topological polar surface area (TPSA) is 87.0 Å². The standard InChI is InChI=1S/C25H26N8/c1-16-8-10-21(32(3)4)20(12-16)26-13-22-30-24(18-9-11-23-27-15-28-33(23)14-18)25(31-22)19-7-5-6-17(2)29-19/h5-12,14-15,26H,13H2,1-4H3,(H,30,31). The summed E-state index contributed by atoms with van der Waals surface area (Å²) >= 11 is 0. The number of hydrogen-bond donors (Lipinski definition) is 2. The number of nitrogens with one attached hydrogen (secondary N) is 2. The van der Waals surface area contributed by atoms with Crippen LogP contribution in [0.1, 0.15) is 17.1 Å². The number of anilines is 2. The fourth-order valence-electron chi connectivity index (χ4n) is 3.90. The van der Waals surface area contributed by atoms with Gasteiger partial charge in [0.15, 0.2) is 5.65 Å². The zero-order valence-electron chi connectivity index (χ0n) is 19.2. The van der Waals surface area contributed by atoms with Gasteiger partial charge in [-0.3, -0.25) is 4.98 Å². The van der Waals surface area contributed by atoms with E-state index >= 15 is 0 Å². The second kappa shape index (κ2) is 8.38. The fraction of sp³-hybridized carbons (Fsp3) is 0.200. The third kappa shape index (κ3) is 4.15. The normalized spacial score (nSPS) is 11.2. The fourth-order valence-corrected chi connectivity index (χ4v) is 3.90. The van der Waals surface area contributed by atoms with Crippen LogP contribution in [-0.2, 0) is 6.54 Å². The summed E-state index contributed by atoms with van der Waals surface area (Å²) in [4.78, 5) is 19.5. The number of hydrogen-bond acceptors (Lipinski definition) is 6. The predicted octanol–water partition coefficient (Wildman–Crippen LogP) is 4.48. The van der Waals surface area contributed by atoms with Crippen LogP contribution in [0, 0.1) is 13.8 Å². The molecule has 0 radical (unpaired) electrons. The number of fused-ring (bicyclic) bond motifs is 1. The van der Waals surface area contributed by atoms with Crippen molar-refractivity contribution in [2.75, 3.05) is 24.3 Å². The summed E-state index contributed by atoms with van der Waals surface area (Å²) in [7, 11) is 4.09. The number of benzene rings is 1. The highest BCUT2D eigenvalue weighted by molar-refractivity contribution is 5.77. The molecule has 166 valence electrons. The molecule has 0 fully saturated rings. The van der Waals surface area contributed by atoms with Crippen molar-refractivity contribution in [2.24, 2.45) is 0 Å². The molecular weight excluding hydrogens is 412 g/mol. The van der Waals surface area contributed by atoms with Gasteiger partial charge in [0.2, 0.25) is 0 Å². The van der Waals surface area contributed by atoms with Crippen molar-refractivity contribution < 1.29 is 0 Å². The van der Waals surface area contributed by atoms with Crippen LogP contribution in [0.25, 0.3) is 28.3 Å². The first kappa shape index (κ1) is 20.7. The van der Waals surface area contributed by atoms with Crippen molar-refractivity contribution in [2.45, 2.75) is 20.4 Å². The molecule has 4 aromatic heterocycles. The third-order valence-electron chi connectivity index (χ3n) is 5.53. The van der Waals surface area contributed by atoms with Gasteiger partial charge in [-0.25, -0.2) is 14.5 Å². The maximum Gasteiger partial charge on any atom is 0.155 e. The Morgan fingerprint density at radius 3 is 2.73 bits per heavy atom. The Labute approximate surface area is 192 Å². The van der Waals surface area contributed by atoms with E-state index < -0.39 is 0 Å². The number of imidazole rings is 1. The van der Waals surface area contributed by atoms with Gasteiger partial charge in [0.1, 0.15) is 12.2 Å². The van der Waals surface area contributed by atoms with Gasteiger partial charge >= 0.3 is 0 Å². The Balaban J connectivity index is 1.54. The van der Waals surface area contributed by atoms with Crippen molar-refractivity contribution in [3.05, 3.63) is 78.1 Å². The van der Waals surface area contributed by atoms with Crippen molar-refractivity contribution in [1.82, 2.24) is 29.5 Å². The van der Waals surface area contributed by atoms with Crippen molar-refractivity contribution in [1.29, 1.82) is 0 Å². The number of H-pyrrole nitrogens is 1. The molecule has 8 heteroatoms. The smallest absolute Gasteiger partial charge is 0.155 e. The molecule has 0 amide bonds. The highest BCUT2D eigenvalue weighted by Crippen LogP contribution is 2.30. The Hall–Kier alpha value is -4.20. The first-order valence-electron chi connectivity index (χ1n) is 10.8. The van der Waals surface area contributed by atoms with Crippen molar-refractivity contribution in [3.63, 3.8) is 0 Å². The molecular formula is C25H26N8. The summed E-state index contributed by atoms with van der Waals surface area (Å²) in [5, 5.41) is 7.82. The van der Waals surface area contributed by atoms with Crippen LogP contribution >= 0.6 is 0 Å². The molecule has 0 aliphatic carbocycles. The molecule has 0 saturated carbocycles. The van der Waals surface area contributed by atoms with Gasteiger partial charge in [0, 0.05) is 31.5 Å². The van der Waals surface area contributed by atoms with Crippen LogP contribution in [0.2, 0.25) is 0 Å². The van der Waals surface area contributed by atoms with E-state index in [4.69, 9.17) is 9.97 Å². The Morgan fingerprint density at radius 2 is 1.91 bits per heavy atom. The number of rotatable bonds is 6. The van der Waals surface area contributed by atoms with Gasteiger partial charge in [-0.05, 0) is 55.8 Å². The SMILES string of the molecule is Cc1ccc(N(C)C)c(NCc2nc(-c3ccc4ncnn4c3)c(-c3cccc(C)n3)[nH]2)c1. The molecule has 33 heavy (non-hydrogen) atoms. The quantitative estimate of drug-likeness (QED) is 0.407. The lowest BCUT2D eigenvalue weighted by Crippen LogP contribution is -2.12. The maximum atomic E-state index is 4.96. The van der Waals surface area contributed by atoms with Crippen LogP contribution < -0.4 is 10.2 Å². The number of aromatic amines is 1. The van der Waals surface area contributed by atoms with E-state index in [9.17, 15) is 0 Å². The summed E-state index contributed by atoms with van der Waals surface area (Å²) in [5.41, 5.74) is 8.66. The molecule has 8 nitrogen and oxygen atoms in total. The Kier molecular flexibility index (Phi) is 5.26. The molecule has 5 rings (SSSR count). The molecule has 2 N–H and O–H groups in total. The van der Waals surface area contributed by atoms with Gasteiger partial charge in [0.05, 0.1) is 35.0 Å². The summed E-state index contributed by atoms with van der Waals surface area (Å²) in [5.74, 6) is 0.827. The van der Waals surface area contributed by atoms with Crippen LogP contribution in [-0.4, -0.2) is 43.6 Å². The Bertz CT molecular complexity index is 1430. The zero-order chi connectivity index (χ0) is 22.9. The molecule has 0 spiro atoms. The van der Waals surface area contributed by atoms with Crippen molar-refractivity contribution in [3.8, 4) is 22.6 Å². The average molecular weight is 439 g/mol. The van der Waals surface area contributed by atoms with Crippen molar-refractivity contribution >= 4 is 17.0 Å². The molecule has 0 saturated heterocycles. The van der Waals surface area contributed by atoms with Gasteiger partial charge in [-0.2, -0.15) is 5.10 Å². The minimum atomic E-state index is 0.550. The van der Waals surface area contributed by atoms with Gasteiger partial charge in [0.25, 0.3) is 0 Å². The van der Waals surface area contributed by atoms with E-state index in [1.54, 1.807) is 10.8 Å². The molecule has 5 aromatic rings. The molecule has 0 bridgehead atoms. The highest BCUT2D eigenvalue weighted by atomic mass is 15.3. The summed E-state index contributed by atoms with van der Waals surface area (Å²) in [6.45, 7) is 4.63. The molecule has 0 atom stereocenters. The van der Waals surface area contributed by atoms with Gasteiger partial charge < -0.3 is 15.2 Å². The summed E-state index contributed by atoms with van der Waals surface area (Å²) in [6.07, 6.45) is 3.49. The number of aromatic nitrogens is 6. The lowest BCUT2D eigenvalue weighted by Gasteiger charge is -2.18. The number of nitrogens with zero attached hydrogens (tertiary/aromatic N) is 6. The summed E-state index contributed by atoms with van der Waals surface area (Å²) < 4.78 is 1.76. The maximum absolute atomic E-state index is 4.96. The van der Waals surface area contributed by atoms with E-state index in [1.165, 1.54) is 5.56 Å². The predicted molar refractivity (Wildman–Crippen MR) is 131 cm³/mol. The zero-order valence-corrected chi connectivity index (χ0v) is 19.2. The lowest BCUT2D eigenvalue weighted by molar-refractivity contribution is 0.960. The van der Waals surface area contributed by atoms with Crippen LogP contribution in [0.15, 0.2) is 61.1 Å². The number of aryl methyl sites for hydroxylation is 2. The average Bonchev–Trinajstić information content (AvgIpc) is 3.44. The molecule has 1 aromatic carbocycles. The highest BCUT2D eigenvalue weighted by Gasteiger charge is 2.17. The molecule has 4 heterocycles. The largest absolute Gasteiger partial charge is 0.376 e. The third-order valence-corrected chi connectivity index (χ3v) is 5.53. The molecule has 0 unspecified atom stereocenters. The van der Waals surface area contributed by atoms with Crippen LogP contribution in [0.4, 0.5) is 11.4 Å². The molecule has 0 aliphatic rings. The minimum absolute atomic E-state index is 0.550. The second-order valence-corrected chi connectivity index (χ2v) is 8.32. The monoisotopic (exact) mass is 438 g/mol. The van der Waals surface area contributed by atoms with Crippen LogP contribution in [0.5, 0.6) is 0 Å². The minimum Gasteiger partial charge on any atom is -0.376 e. The van der Waals surface area contributed by atoms with Gasteiger partial charge in [-0.1, -0.05) is 12.1 Å². The number of pyridine rings is 2. The summed E-state index contributed by atoms with van der Waals surface area (Å²) in [6, 6.07) is 16.4. The molecule has 0 aliphatic heterocycles. The first-order chi connectivity index (χ1) is 16.0. The lowest BCUT2D eigenvalue weighted by atomic mass is 10.1. The van der Waals surface area contributed by atoms with E-state index in [2.05, 4.69) is 50.4 Å². The van der Waals surface area contributed by atoms with Crippen LogP contribution in [0.3, 0.4) is 0 Å². The van der Waals surface area contributed by atoms with E-state index in [-0.39, 0.29) is 0 Å². The van der Waals surface area contributed by atoms with E-state index in [0.29, 0.717) is 6.54 Å². The first-order valence-corrected chi connectivity index (χ1v) is 10.8.